The third kappa shape index (κ3) is 4.69. The number of likely N-dealkylation sites (tertiary alicyclic amines) is 1. The smallest absolute Gasteiger partial charge is 0.366 e. The Balaban J connectivity index is 1.33. The van der Waals surface area contributed by atoms with Gasteiger partial charge in [-0.1, -0.05) is 0 Å². The molecule has 2 fully saturated rings. The Bertz CT molecular complexity index is 887. The van der Waals surface area contributed by atoms with E-state index in [0.717, 1.165) is 18.9 Å². The van der Waals surface area contributed by atoms with Gasteiger partial charge >= 0.3 is 6.18 Å². The van der Waals surface area contributed by atoms with Crippen LogP contribution in [0.25, 0.3) is 11.3 Å². The lowest BCUT2D eigenvalue weighted by Crippen LogP contribution is -2.29. The van der Waals surface area contributed by atoms with Crippen molar-refractivity contribution in [3.8, 4) is 11.3 Å². The second kappa shape index (κ2) is 8.05. The van der Waals surface area contributed by atoms with Crippen LogP contribution in [0, 0.1) is 29.3 Å². The van der Waals surface area contributed by atoms with Gasteiger partial charge in [-0.25, -0.2) is 13.2 Å². The molecule has 1 saturated heterocycles. The Morgan fingerprint density at radius 3 is 2.30 bits per heavy atom. The molecule has 2 heterocycles. The van der Waals surface area contributed by atoms with Crippen molar-refractivity contribution >= 4 is 5.82 Å². The number of alkyl halides is 3. The van der Waals surface area contributed by atoms with Gasteiger partial charge in [-0.05, 0) is 42.9 Å². The fourth-order valence-corrected chi connectivity index (χ4v) is 4.49. The molecule has 0 bridgehead atoms. The van der Waals surface area contributed by atoms with Crippen LogP contribution in [-0.2, 0) is 0 Å². The summed E-state index contributed by atoms with van der Waals surface area (Å²) in [6.07, 6.45) is -3.28. The van der Waals surface area contributed by atoms with Crippen molar-refractivity contribution in [3.05, 3.63) is 41.7 Å². The van der Waals surface area contributed by atoms with Gasteiger partial charge in [-0.3, -0.25) is 0 Å². The first-order chi connectivity index (χ1) is 14.2. The van der Waals surface area contributed by atoms with E-state index in [-0.39, 0.29) is 23.8 Å². The van der Waals surface area contributed by atoms with Crippen molar-refractivity contribution in [2.24, 2.45) is 11.8 Å². The predicted octanol–water partition coefficient (Wildman–Crippen LogP) is 4.64. The van der Waals surface area contributed by atoms with Crippen molar-refractivity contribution in [1.29, 1.82) is 0 Å². The van der Waals surface area contributed by atoms with Crippen LogP contribution in [0.1, 0.15) is 19.3 Å². The first-order valence-corrected chi connectivity index (χ1v) is 9.72. The first-order valence-electron chi connectivity index (χ1n) is 9.72. The molecule has 4 nitrogen and oxygen atoms in total. The summed E-state index contributed by atoms with van der Waals surface area (Å²) in [5, 5.41) is 11.1. The molecule has 1 aromatic heterocycles. The second-order valence-electron chi connectivity index (χ2n) is 8.01. The van der Waals surface area contributed by atoms with E-state index in [1.807, 2.05) is 4.90 Å². The van der Waals surface area contributed by atoms with Crippen molar-refractivity contribution in [2.75, 3.05) is 25.0 Å². The van der Waals surface area contributed by atoms with Crippen molar-refractivity contribution < 1.29 is 26.3 Å². The van der Waals surface area contributed by atoms with Crippen LogP contribution in [0.4, 0.5) is 32.2 Å². The zero-order chi connectivity index (χ0) is 21.5. The van der Waals surface area contributed by atoms with E-state index < -0.39 is 30.0 Å². The molecule has 4 rings (SSSR count). The molecule has 1 N–H and O–H groups in total. The molecule has 2 aliphatic rings. The number of hydrogen-bond acceptors (Lipinski definition) is 4. The SMILES string of the molecule is Fc1cc(F)c(F)c(-c2ccc(N[C@H]3C[C@@H]4CN(CCC(F)(F)F)C[C@@H]4C3)nn2)c1. The highest BCUT2D eigenvalue weighted by atomic mass is 19.4. The summed E-state index contributed by atoms with van der Waals surface area (Å²) < 4.78 is 77.8. The molecular formula is C20H20F6N4. The molecule has 1 aliphatic heterocycles. The third-order valence-corrected chi connectivity index (χ3v) is 5.82. The minimum Gasteiger partial charge on any atom is -0.366 e. The maximum atomic E-state index is 13.9. The summed E-state index contributed by atoms with van der Waals surface area (Å²) >= 11 is 0. The molecule has 3 atom stereocenters. The molecule has 30 heavy (non-hydrogen) atoms. The number of fused-ring (bicyclic) bond motifs is 1. The largest absolute Gasteiger partial charge is 0.390 e. The van der Waals surface area contributed by atoms with Crippen molar-refractivity contribution in [2.45, 2.75) is 31.5 Å². The van der Waals surface area contributed by atoms with Crippen LogP contribution in [0.15, 0.2) is 24.3 Å². The highest BCUT2D eigenvalue weighted by Gasteiger charge is 2.41. The van der Waals surface area contributed by atoms with Gasteiger partial charge in [-0.15, -0.1) is 10.2 Å². The first kappa shape index (κ1) is 20.9. The van der Waals surface area contributed by atoms with Gasteiger partial charge in [0.15, 0.2) is 11.6 Å². The summed E-state index contributed by atoms with van der Waals surface area (Å²) in [5.74, 6) is -2.26. The summed E-state index contributed by atoms with van der Waals surface area (Å²) in [7, 11) is 0. The second-order valence-corrected chi connectivity index (χ2v) is 8.01. The van der Waals surface area contributed by atoms with Crippen LogP contribution in [0.5, 0.6) is 0 Å². The molecule has 1 saturated carbocycles. The maximum Gasteiger partial charge on any atom is 0.390 e. The average Bonchev–Trinajstić information content (AvgIpc) is 3.21. The van der Waals surface area contributed by atoms with Crippen LogP contribution >= 0.6 is 0 Å². The number of nitrogens with one attached hydrogen (secondary N) is 1. The number of anilines is 1. The van der Waals surface area contributed by atoms with E-state index >= 15 is 0 Å². The highest BCUT2D eigenvalue weighted by molar-refractivity contribution is 5.60. The minimum absolute atomic E-state index is 0.0139. The van der Waals surface area contributed by atoms with Gasteiger partial charge in [0.05, 0.1) is 12.1 Å². The predicted molar refractivity (Wildman–Crippen MR) is 98.1 cm³/mol. The Hall–Kier alpha value is -2.36. The van der Waals surface area contributed by atoms with Gasteiger partial charge in [-0.2, -0.15) is 13.2 Å². The Labute approximate surface area is 169 Å². The standard InChI is InChI=1S/C20H20F6N4/c21-13-7-15(19(23)16(22)8-13)17-1-2-18(29-28-17)27-14-5-11-9-30(10-12(11)6-14)4-3-20(24,25)26/h1-2,7-8,11-12,14H,3-6,9-10H2,(H,27,29)/t11-,12+,14+. The van der Waals surface area contributed by atoms with E-state index in [2.05, 4.69) is 15.5 Å². The van der Waals surface area contributed by atoms with E-state index in [1.165, 1.54) is 6.07 Å². The van der Waals surface area contributed by atoms with E-state index in [0.29, 0.717) is 36.8 Å². The van der Waals surface area contributed by atoms with Crippen molar-refractivity contribution in [1.82, 2.24) is 15.1 Å². The lowest BCUT2D eigenvalue weighted by molar-refractivity contribution is -0.137. The molecule has 10 heteroatoms. The number of aromatic nitrogens is 2. The fraction of sp³-hybridized carbons (Fsp3) is 0.500. The summed E-state index contributed by atoms with van der Waals surface area (Å²) in [4.78, 5) is 1.88. The average molecular weight is 430 g/mol. The molecule has 1 aliphatic carbocycles. The highest BCUT2D eigenvalue weighted by Crippen LogP contribution is 2.39. The van der Waals surface area contributed by atoms with E-state index in [9.17, 15) is 26.3 Å². The lowest BCUT2D eigenvalue weighted by Gasteiger charge is -2.20. The van der Waals surface area contributed by atoms with E-state index in [1.54, 1.807) is 6.07 Å². The van der Waals surface area contributed by atoms with E-state index in [4.69, 9.17) is 0 Å². The molecule has 0 unspecified atom stereocenters. The number of rotatable bonds is 5. The molecule has 1 aromatic carbocycles. The molecule has 2 aromatic rings. The molecule has 0 spiro atoms. The molecule has 0 amide bonds. The number of benzene rings is 1. The third-order valence-electron chi connectivity index (χ3n) is 5.82. The molecular weight excluding hydrogens is 410 g/mol. The molecule has 0 radical (unpaired) electrons. The number of halogens is 6. The van der Waals surface area contributed by atoms with Crippen LogP contribution in [0.2, 0.25) is 0 Å². The number of hydrogen-bond donors (Lipinski definition) is 1. The summed E-state index contributed by atoms with van der Waals surface area (Å²) in [5.41, 5.74) is -0.291. The summed E-state index contributed by atoms with van der Waals surface area (Å²) in [6, 6.07) is 4.44. The van der Waals surface area contributed by atoms with Gasteiger partial charge in [0, 0.05) is 37.3 Å². The normalized spacial score (nSPS) is 24.3. The van der Waals surface area contributed by atoms with Crippen molar-refractivity contribution in [3.63, 3.8) is 0 Å². The maximum absolute atomic E-state index is 13.9. The molecule has 162 valence electrons. The summed E-state index contributed by atoms with van der Waals surface area (Å²) in [6.45, 7) is 1.36. The monoisotopic (exact) mass is 430 g/mol. The number of nitrogens with zero attached hydrogens (tertiary/aromatic N) is 3. The minimum atomic E-state index is -4.13. The Morgan fingerprint density at radius 2 is 1.70 bits per heavy atom. The Morgan fingerprint density at radius 1 is 1.00 bits per heavy atom. The van der Waals surface area contributed by atoms with Gasteiger partial charge in [0.1, 0.15) is 11.6 Å². The zero-order valence-corrected chi connectivity index (χ0v) is 15.9. The topological polar surface area (TPSA) is 41.0 Å². The van der Waals surface area contributed by atoms with Gasteiger partial charge < -0.3 is 10.2 Å². The van der Waals surface area contributed by atoms with Crippen LogP contribution in [0.3, 0.4) is 0 Å². The van der Waals surface area contributed by atoms with Crippen LogP contribution < -0.4 is 5.32 Å². The Kier molecular flexibility index (Phi) is 5.61. The fourth-order valence-electron chi connectivity index (χ4n) is 4.49. The lowest BCUT2D eigenvalue weighted by atomic mass is 10.0. The van der Waals surface area contributed by atoms with Crippen LogP contribution in [-0.4, -0.2) is 46.9 Å². The quantitative estimate of drug-likeness (QED) is 0.555. The van der Waals surface area contributed by atoms with Gasteiger partial charge in [0.2, 0.25) is 0 Å². The zero-order valence-electron chi connectivity index (χ0n) is 15.9. The van der Waals surface area contributed by atoms with Gasteiger partial charge in [0.25, 0.3) is 0 Å².